The third kappa shape index (κ3) is 5.97. The molecule has 0 atom stereocenters. The number of amides is 1. The molecule has 1 aliphatic rings. The van der Waals surface area contributed by atoms with Crippen molar-refractivity contribution in [3.63, 3.8) is 0 Å². The molecule has 0 spiro atoms. The van der Waals surface area contributed by atoms with Crippen molar-refractivity contribution in [2.24, 2.45) is 4.99 Å². The van der Waals surface area contributed by atoms with Crippen LogP contribution in [0.15, 0.2) is 29.3 Å². The Hall–Kier alpha value is -3.03. The molecular weight excluding hydrogens is 368 g/mol. The molecule has 8 heteroatoms. The van der Waals surface area contributed by atoms with E-state index in [9.17, 15) is 4.79 Å². The monoisotopic (exact) mass is 398 g/mol. The van der Waals surface area contributed by atoms with Crippen LogP contribution in [0.25, 0.3) is 0 Å². The van der Waals surface area contributed by atoms with Crippen LogP contribution in [0.1, 0.15) is 29.8 Å². The van der Waals surface area contributed by atoms with Crippen molar-refractivity contribution < 1.29 is 9.53 Å². The summed E-state index contributed by atoms with van der Waals surface area (Å²) < 4.78 is 7.86. The molecule has 1 amide bonds. The van der Waals surface area contributed by atoms with Gasteiger partial charge >= 0.3 is 0 Å². The number of carbonyl (C=O) groups is 1. The lowest BCUT2D eigenvalue weighted by molar-refractivity contribution is -0.116. The fourth-order valence-electron chi connectivity index (χ4n) is 3.35. The van der Waals surface area contributed by atoms with Gasteiger partial charge in [0.2, 0.25) is 5.91 Å². The summed E-state index contributed by atoms with van der Waals surface area (Å²) in [5, 5.41) is 13.9. The lowest BCUT2D eigenvalue weighted by atomic mass is 10.0. The SMILES string of the molecule is CN=C(NCCCn1nc(C)cc1C)NCCOc1ccc2c(c1)CCC(=O)N2. The summed E-state index contributed by atoms with van der Waals surface area (Å²) in [4.78, 5) is 15.7. The molecule has 0 fully saturated rings. The maximum atomic E-state index is 11.4. The number of aromatic nitrogens is 2. The molecule has 2 aromatic rings. The van der Waals surface area contributed by atoms with Gasteiger partial charge in [0.1, 0.15) is 12.4 Å². The van der Waals surface area contributed by atoms with Gasteiger partial charge in [-0.15, -0.1) is 0 Å². The second-order valence-corrected chi connectivity index (χ2v) is 7.15. The van der Waals surface area contributed by atoms with Gasteiger partial charge in [-0.3, -0.25) is 14.5 Å². The fraction of sp³-hybridized carbons (Fsp3) is 0.476. The number of ether oxygens (including phenoxy) is 1. The number of nitrogens with one attached hydrogen (secondary N) is 3. The molecule has 0 bridgehead atoms. The molecule has 3 N–H and O–H groups in total. The van der Waals surface area contributed by atoms with Gasteiger partial charge in [0.05, 0.1) is 12.2 Å². The number of aryl methyl sites for hydroxylation is 4. The number of carbonyl (C=O) groups excluding carboxylic acids is 1. The predicted molar refractivity (Wildman–Crippen MR) is 115 cm³/mol. The first-order valence-electron chi connectivity index (χ1n) is 10.1. The maximum Gasteiger partial charge on any atom is 0.224 e. The number of rotatable bonds is 8. The van der Waals surface area contributed by atoms with E-state index < -0.39 is 0 Å². The molecule has 0 radical (unpaired) electrons. The summed E-state index contributed by atoms with van der Waals surface area (Å²) in [6.07, 6.45) is 2.25. The highest BCUT2D eigenvalue weighted by molar-refractivity contribution is 5.94. The first kappa shape index (κ1) is 20.7. The second-order valence-electron chi connectivity index (χ2n) is 7.15. The number of guanidine groups is 1. The van der Waals surface area contributed by atoms with Crippen LogP contribution >= 0.6 is 0 Å². The summed E-state index contributed by atoms with van der Waals surface area (Å²) in [6.45, 7) is 6.95. The predicted octanol–water partition coefficient (Wildman–Crippen LogP) is 2.02. The summed E-state index contributed by atoms with van der Waals surface area (Å²) in [5.41, 5.74) is 4.25. The van der Waals surface area contributed by atoms with Gasteiger partial charge in [0, 0.05) is 37.9 Å². The molecule has 1 aromatic heterocycles. The van der Waals surface area contributed by atoms with E-state index in [2.05, 4.69) is 39.0 Å². The van der Waals surface area contributed by atoms with Crippen molar-refractivity contribution in [3.05, 3.63) is 41.2 Å². The smallest absolute Gasteiger partial charge is 0.224 e. The van der Waals surface area contributed by atoms with Gasteiger partial charge in [-0.2, -0.15) is 5.10 Å². The minimum Gasteiger partial charge on any atom is -0.492 e. The van der Waals surface area contributed by atoms with Crippen LogP contribution in [-0.2, 0) is 17.8 Å². The molecule has 2 heterocycles. The number of aliphatic imine (C=N–C) groups is 1. The number of benzene rings is 1. The summed E-state index contributed by atoms with van der Waals surface area (Å²) in [7, 11) is 1.76. The molecule has 8 nitrogen and oxygen atoms in total. The van der Waals surface area contributed by atoms with E-state index in [0.29, 0.717) is 19.6 Å². The Labute approximate surface area is 171 Å². The molecule has 1 aliphatic heterocycles. The largest absolute Gasteiger partial charge is 0.492 e. The highest BCUT2D eigenvalue weighted by Gasteiger charge is 2.14. The van der Waals surface area contributed by atoms with Crippen molar-refractivity contribution in [2.45, 2.75) is 39.7 Å². The van der Waals surface area contributed by atoms with E-state index in [1.54, 1.807) is 7.05 Å². The number of anilines is 1. The quantitative estimate of drug-likeness (QED) is 0.359. The van der Waals surface area contributed by atoms with Gasteiger partial charge in [0.25, 0.3) is 0 Å². The number of nitrogens with zero attached hydrogens (tertiary/aromatic N) is 3. The maximum absolute atomic E-state index is 11.4. The van der Waals surface area contributed by atoms with Gasteiger partial charge in [-0.05, 0) is 56.5 Å². The van der Waals surface area contributed by atoms with Crippen molar-refractivity contribution in [1.82, 2.24) is 20.4 Å². The minimum atomic E-state index is 0.0733. The molecule has 29 heavy (non-hydrogen) atoms. The molecule has 3 rings (SSSR count). The van der Waals surface area contributed by atoms with Crippen LogP contribution in [0.5, 0.6) is 5.75 Å². The zero-order valence-corrected chi connectivity index (χ0v) is 17.4. The fourth-order valence-corrected chi connectivity index (χ4v) is 3.35. The number of fused-ring (bicyclic) bond motifs is 1. The van der Waals surface area contributed by atoms with E-state index in [1.165, 1.54) is 5.69 Å². The van der Waals surface area contributed by atoms with Crippen molar-refractivity contribution >= 4 is 17.6 Å². The van der Waals surface area contributed by atoms with Crippen LogP contribution in [-0.4, -0.2) is 48.4 Å². The summed E-state index contributed by atoms with van der Waals surface area (Å²) in [5.74, 6) is 1.65. The summed E-state index contributed by atoms with van der Waals surface area (Å²) in [6, 6.07) is 7.88. The van der Waals surface area contributed by atoms with E-state index in [-0.39, 0.29) is 5.91 Å². The van der Waals surface area contributed by atoms with E-state index in [4.69, 9.17) is 4.74 Å². The third-order valence-corrected chi connectivity index (χ3v) is 4.80. The zero-order chi connectivity index (χ0) is 20.6. The Bertz CT molecular complexity index is 874. The van der Waals surface area contributed by atoms with Crippen LogP contribution in [0.2, 0.25) is 0 Å². The van der Waals surface area contributed by atoms with Gasteiger partial charge in [-0.25, -0.2) is 0 Å². The first-order chi connectivity index (χ1) is 14.0. The minimum absolute atomic E-state index is 0.0733. The molecular formula is C21H30N6O2. The average Bonchev–Trinajstić information content (AvgIpc) is 3.03. The summed E-state index contributed by atoms with van der Waals surface area (Å²) >= 11 is 0. The Balaban J connectivity index is 1.34. The Kier molecular flexibility index (Phi) is 7.10. The normalized spacial score (nSPS) is 13.6. The first-order valence-corrected chi connectivity index (χ1v) is 10.1. The van der Waals surface area contributed by atoms with E-state index in [1.807, 2.05) is 29.8 Å². The van der Waals surface area contributed by atoms with Crippen LogP contribution in [0, 0.1) is 13.8 Å². The molecule has 0 saturated heterocycles. The Morgan fingerprint density at radius 2 is 2.07 bits per heavy atom. The zero-order valence-electron chi connectivity index (χ0n) is 17.4. The average molecular weight is 399 g/mol. The van der Waals surface area contributed by atoms with Gasteiger partial charge in [-0.1, -0.05) is 0 Å². The van der Waals surface area contributed by atoms with E-state index >= 15 is 0 Å². The molecule has 1 aromatic carbocycles. The number of hydrogen-bond donors (Lipinski definition) is 3. The van der Waals surface area contributed by atoms with Crippen LogP contribution < -0.4 is 20.7 Å². The topological polar surface area (TPSA) is 92.6 Å². The van der Waals surface area contributed by atoms with E-state index in [0.717, 1.165) is 54.6 Å². The lowest BCUT2D eigenvalue weighted by Gasteiger charge is -2.18. The van der Waals surface area contributed by atoms with Crippen molar-refractivity contribution in [2.75, 3.05) is 32.1 Å². The highest BCUT2D eigenvalue weighted by Crippen LogP contribution is 2.26. The standard InChI is InChI=1S/C21H30N6O2/c1-15-13-16(2)27(26-15)11-4-9-23-21(22-3)24-10-12-29-18-6-7-19-17(14-18)5-8-20(28)25-19/h6-7,13-14H,4-5,8-12H2,1-3H3,(H,25,28)(H2,22,23,24). The molecule has 0 saturated carbocycles. The number of hydrogen-bond acceptors (Lipinski definition) is 4. The third-order valence-electron chi connectivity index (χ3n) is 4.80. The van der Waals surface area contributed by atoms with Crippen LogP contribution in [0.3, 0.4) is 0 Å². The highest BCUT2D eigenvalue weighted by atomic mass is 16.5. The molecule has 0 unspecified atom stereocenters. The molecule has 156 valence electrons. The van der Waals surface area contributed by atoms with Crippen LogP contribution in [0.4, 0.5) is 5.69 Å². The molecule has 0 aliphatic carbocycles. The van der Waals surface area contributed by atoms with Gasteiger partial charge in [0.15, 0.2) is 5.96 Å². The van der Waals surface area contributed by atoms with Crippen molar-refractivity contribution in [3.8, 4) is 5.75 Å². The lowest BCUT2D eigenvalue weighted by Crippen LogP contribution is -2.39. The Morgan fingerprint density at radius 1 is 1.24 bits per heavy atom. The van der Waals surface area contributed by atoms with Crippen molar-refractivity contribution in [1.29, 1.82) is 0 Å². The van der Waals surface area contributed by atoms with Gasteiger partial charge < -0.3 is 20.7 Å². The Morgan fingerprint density at radius 3 is 2.83 bits per heavy atom. The second kappa shape index (κ2) is 9.95.